The fourth-order valence-electron chi connectivity index (χ4n) is 1.83. The van der Waals surface area contributed by atoms with E-state index in [1.807, 2.05) is 12.1 Å². The second-order valence-electron chi connectivity index (χ2n) is 4.11. The molecular formula is C12H15BrN2O2. The van der Waals surface area contributed by atoms with Gasteiger partial charge in [0, 0.05) is 35.0 Å². The highest BCUT2D eigenvalue weighted by molar-refractivity contribution is 9.10. The highest BCUT2D eigenvalue weighted by atomic mass is 79.9. The van der Waals surface area contributed by atoms with Gasteiger partial charge in [0.05, 0.1) is 0 Å². The molecule has 2 rings (SSSR count). The molecule has 0 spiro atoms. The minimum Gasteiger partial charge on any atom is -0.398 e. The van der Waals surface area contributed by atoms with Gasteiger partial charge >= 0.3 is 0 Å². The van der Waals surface area contributed by atoms with Crippen molar-refractivity contribution in [2.45, 2.75) is 12.8 Å². The number of amides is 1. The minimum absolute atomic E-state index is 0.0496. The van der Waals surface area contributed by atoms with Crippen molar-refractivity contribution in [1.82, 2.24) is 0 Å². The summed E-state index contributed by atoms with van der Waals surface area (Å²) in [7, 11) is 0. The fraction of sp³-hybridized carbons (Fsp3) is 0.417. The van der Waals surface area contributed by atoms with E-state index in [2.05, 4.69) is 21.2 Å². The van der Waals surface area contributed by atoms with Crippen LogP contribution in [-0.4, -0.2) is 19.1 Å². The Hall–Kier alpha value is -1.07. The number of carbonyl (C=O) groups excluding carboxylic acids is 1. The first-order chi connectivity index (χ1) is 8.16. The van der Waals surface area contributed by atoms with Crippen LogP contribution in [0.4, 0.5) is 11.4 Å². The molecule has 0 bridgehead atoms. The van der Waals surface area contributed by atoms with Crippen LogP contribution in [0.2, 0.25) is 0 Å². The van der Waals surface area contributed by atoms with Gasteiger partial charge < -0.3 is 15.8 Å². The van der Waals surface area contributed by atoms with Crippen molar-refractivity contribution in [3.05, 3.63) is 22.7 Å². The summed E-state index contributed by atoms with van der Waals surface area (Å²) >= 11 is 3.32. The third kappa shape index (κ3) is 3.20. The molecule has 1 aliphatic rings. The zero-order valence-corrected chi connectivity index (χ0v) is 11.0. The van der Waals surface area contributed by atoms with Crippen LogP contribution in [0.5, 0.6) is 0 Å². The molecule has 92 valence electrons. The van der Waals surface area contributed by atoms with E-state index in [0.717, 1.165) is 23.0 Å². The molecule has 1 aromatic rings. The molecule has 0 radical (unpaired) electrons. The molecule has 3 N–H and O–H groups in total. The Morgan fingerprint density at radius 3 is 2.76 bits per heavy atom. The van der Waals surface area contributed by atoms with Crippen molar-refractivity contribution in [1.29, 1.82) is 0 Å². The number of nitrogens with one attached hydrogen (secondary N) is 1. The smallest absolute Gasteiger partial charge is 0.227 e. The van der Waals surface area contributed by atoms with Gasteiger partial charge in [-0.2, -0.15) is 0 Å². The lowest BCUT2D eigenvalue weighted by molar-refractivity contribution is -0.122. The van der Waals surface area contributed by atoms with Crippen LogP contribution in [-0.2, 0) is 9.53 Å². The number of benzene rings is 1. The quantitative estimate of drug-likeness (QED) is 0.824. The summed E-state index contributed by atoms with van der Waals surface area (Å²) in [4.78, 5) is 11.9. The van der Waals surface area contributed by atoms with Crippen LogP contribution in [0.15, 0.2) is 22.7 Å². The van der Waals surface area contributed by atoms with E-state index in [1.165, 1.54) is 0 Å². The number of nitrogen functional groups attached to an aromatic ring is 1. The predicted octanol–water partition coefficient (Wildman–Crippen LogP) is 2.40. The number of nitrogens with two attached hydrogens (primary N) is 1. The van der Waals surface area contributed by atoms with Crippen LogP contribution in [0.3, 0.4) is 0 Å². The van der Waals surface area contributed by atoms with Crippen LogP contribution in [0.25, 0.3) is 0 Å². The maximum Gasteiger partial charge on any atom is 0.227 e. The van der Waals surface area contributed by atoms with Gasteiger partial charge in [-0.15, -0.1) is 0 Å². The molecule has 5 heteroatoms. The lowest BCUT2D eigenvalue weighted by atomic mass is 9.99. The van der Waals surface area contributed by atoms with Crippen molar-refractivity contribution in [2.24, 2.45) is 5.92 Å². The number of rotatable bonds is 2. The number of anilines is 2. The van der Waals surface area contributed by atoms with Crippen molar-refractivity contribution in [3.8, 4) is 0 Å². The Labute approximate surface area is 109 Å². The molecular weight excluding hydrogens is 284 g/mol. The first-order valence-electron chi connectivity index (χ1n) is 5.60. The summed E-state index contributed by atoms with van der Waals surface area (Å²) in [5, 5.41) is 2.88. The standard InChI is InChI=1S/C12H15BrN2O2/c13-10-2-1-9(7-11(10)14)15-12(16)8-3-5-17-6-4-8/h1-2,7-8H,3-6,14H2,(H,15,16). The second kappa shape index (κ2) is 5.51. The maximum absolute atomic E-state index is 11.9. The number of carbonyl (C=O) groups is 1. The molecule has 1 saturated heterocycles. The van der Waals surface area contributed by atoms with E-state index in [9.17, 15) is 4.79 Å². The molecule has 0 unspecified atom stereocenters. The lowest BCUT2D eigenvalue weighted by Crippen LogP contribution is -2.28. The molecule has 1 fully saturated rings. The summed E-state index contributed by atoms with van der Waals surface area (Å²) in [6.07, 6.45) is 1.58. The van der Waals surface area contributed by atoms with Crippen molar-refractivity contribution >= 4 is 33.2 Å². The van der Waals surface area contributed by atoms with Crippen molar-refractivity contribution < 1.29 is 9.53 Å². The minimum atomic E-state index is 0.0496. The molecule has 1 heterocycles. The third-order valence-electron chi connectivity index (χ3n) is 2.86. The van der Waals surface area contributed by atoms with Gasteiger partial charge in [0.25, 0.3) is 0 Å². The fourth-order valence-corrected chi connectivity index (χ4v) is 2.07. The number of hydrogen-bond donors (Lipinski definition) is 2. The van der Waals surface area contributed by atoms with E-state index in [4.69, 9.17) is 10.5 Å². The van der Waals surface area contributed by atoms with Gasteiger partial charge in [-0.3, -0.25) is 4.79 Å². The van der Waals surface area contributed by atoms with Gasteiger partial charge in [0.2, 0.25) is 5.91 Å². The van der Waals surface area contributed by atoms with Crippen molar-refractivity contribution in [3.63, 3.8) is 0 Å². The summed E-state index contributed by atoms with van der Waals surface area (Å²) in [6.45, 7) is 1.33. The largest absolute Gasteiger partial charge is 0.398 e. The van der Waals surface area contributed by atoms with Gasteiger partial charge in [0.15, 0.2) is 0 Å². The number of ether oxygens (including phenoxy) is 1. The van der Waals surface area contributed by atoms with Crippen LogP contribution >= 0.6 is 15.9 Å². The zero-order valence-electron chi connectivity index (χ0n) is 9.41. The van der Waals surface area contributed by atoms with E-state index in [0.29, 0.717) is 18.9 Å². The molecule has 0 aromatic heterocycles. The first kappa shape index (κ1) is 12.4. The van der Waals surface area contributed by atoms with Crippen molar-refractivity contribution in [2.75, 3.05) is 24.3 Å². The summed E-state index contributed by atoms with van der Waals surface area (Å²) in [5.74, 6) is 0.101. The van der Waals surface area contributed by atoms with E-state index in [-0.39, 0.29) is 11.8 Å². The van der Waals surface area contributed by atoms with Gasteiger partial charge in [-0.25, -0.2) is 0 Å². The SMILES string of the molecule is Nc1cc(NC(=O)C2CCOCC2)ccc1Br. The molecule has 0 aliphatic carbocycles. The average molecular weight is 299 g/mol. The Kier molecular flexibility index (Phi) is 4.02. The van der Waals surface area contributed by atoms with Crippen LogP contribution in [0.1, 0.15) is 12.8 Å². The van der Waals surface area contributed by atoms with Gasteiger partial charge in [-0.05, 0) is 47.0 Å². The highest BCUT2D eigenvalue weighted by Gasteiger charge is 2.21. The molecule has 4 nitrogen and oxygen atoms in total. The number of halogens is 1. The van der Waals surface area contributed by atoms with E-state index >= 15 is 0 Å². The Bertz CT molecular complexity index is 417. The molecule has 0 saturated carbocycles. The Morgan fingerprint density at radius 1 is 1.41 bits per heavy atom. The molecule has 1 aromatic carbocycles. The second-order valence-corrected chi connectivity index (χ2v) is 4.97. The third-order valence-corrected chi connectivity index (χ3v) is 3.58. The molecule has 1 amide bonds. The molecule has 1 aliphatic heterocycles. The van der Waals surface area contributed by atoms with Gasteiger partial charge in [0.1, 0.15) is 0 Å². The van der Waals surface area contributed by atoms with Gasteiger partial charge in [-0.1, -0.05) is 0 Å². The monoisotopic (exact) mass is 298 g/mol. The summed E-state index contributed by atoms with van der Waals surface area (Å²) in [5.41, 5.74) is 7.11. The van der Waals surface area contributed by atoms with E-state index < -0.39 is 0 Å². The normalized spacial score (nSPS) is 16.8. The molecule has 17 heavy (non-hydrogen) atoms. The Morgan fingerprint density at radius 2 is 2.12 bits per heavy atom. The Balaban J connectivity index is 1.99. The lowest BCUT2D eigenvalue weighted by Gasteiger charge is -2.21. The zero-order chi connectivity index (χ0) is 12.3. The van der Waals surface area contributed by atoms with Crippen LogP contribution < -0.4 is 11.1 Å². The first-order valence-corrected chi connectivity index (χ1v) is 6.40. The van der Waals surface area contributed by atoms with Crippen LogP contribution in [0, 0.1) is 5.92 Å². The molecule has 0 atom stereocenters. The average Bonchev–Trinajstić information content (AvgIpc) is 2.35. The number of hydrogen-bond acceptors (Lipinski definition) is 3. The summed E-state index contributed by atoms with van der Waals surface area (Å²) in [6, 6.07) is 5.41. The highest BCUT2D eigenvalue weighted by Crippen LogP contribution is 2.24. The summed E-state index contributed by atoms with van der Waals surface area (Å²) < 4.78 is 6.06. The maximum atomic E-state index is 11.9. The van der Waals surface area contributed by atoms with E-state index in [1.54, 1.807) is 6.07 Å². The topological polar surface area (TPSA) is 64.3 Å². The predicted molar refractivity (Wildman–Crippen MR) is 70.7 cm³/mol.